The van der Waals surface area contributed by atoms with Crippen molar-refractivity contribution in [2.45, 2.75) is 19.9 Å². The molecule has 0 saturated carbocycles. The zero-order chi connectivity index (χ0) is 12.9. The Bertz CT molecular complexity index is 705. The van der Waals surface area contributed by atoms with Gasteiger partial charge in [0, 0.05) is 5.39 Å². The van der Waals surface area contributed by atoms with E-state index in [9.17, 15) is 4.79 Å². The molecule has 0 radical (unpaired) electrons. The van der Waals surface area contributed by atoms with Gasteiger partial charge in [-0.1, -0.05) is 26.0 Å². The molecular formula is C13H13N3OS. The highest BCUT2D eigenvalue weighted by Gasteiger charge is 2.33. The Labute approximate surface area is 110 Å². The van der Waals surface area contributed by atoms with Crippen molar-refractivity contribution in [2.75, 3.05) is 5.32 Å². The van der Waals surface area contributed by atoms with E-state index in [2.05, 4.69) is 10.3 Å². The lowest BCUT2D eigenvalue weighted by Gasteiger charge is -2.11. The van der Waals surface area contributed by atoms with Gasteiger partial charge in [-0.05, 0) is 30.3 Å². The molecule has 1 N–H and O–H groups in total. The van der Waals surface area contributed by atoms with E-state index in [1.165, 1.54) is 4.57 Å². The fourth-order valence-electron chi connectivity index (χ4n) is 2.29. The molecular weight excluding hydrogens is 246 g/mol. The summed E-state index contributed by atoms with van der Waals surface area (Å²) in [7, 11) is 0. The molecule has 0 bridgehead atoms. The summed E-state index contributed by atoms with van der Waals surface area (Å²) in [5.74, 6) is 0.975. The number of nitrogens with zero attached hydrogens (tertiary/aromatic N) is 2. The Morgan fingerprint density at radius 1 is 1.39 bits per heavy atom. The highest BCUT2D eigenvalue weighted by Crippen LogP contribution is 2.29. The molecule has 1 aliphatic rings. The summed E-state index contributed by atoms with van der Waals surface area (Å²) in [6, 6.07) is 7.48. The van der Waals surface area contributed by atoms with Crippen molar-refractivity contribution in [2.24, 2.45) is 5.92 Å². The first-order chi connectivity index (χ1) is 8.59. The molecule has 18 heavy (non-hydrogen) atoms. The maximum Gasteiger partial charge on any atom is 0.257 e. The number of anilines is 1. The first-order valence-corrected chi connectivity index (χ1v) is 6.33. The van der Waals surface area contributed by atoms with E-state index < -0.39 is 0 Å². The highest BCUT2D eigenvalue weighted by molar-refractivity contribution is 7.71. The summed E-state index contributed by atoms with van der Waals surface area (Å²) in [5, 5.41) is 4.21. The lowest BCUT2D eigenvalue weighted by molar-refractivity contribution is 0.0887. The van der Waals surface area contributed by atoms with Crippen LogP contribution in [0.3, 0.4) is 0 Å². The van der Waals surface area contributed by atoms with Gasteiger partial charge in [-0.25, -0.2) is 9.55 Å². The molecule has 2 heterocycles. The van der Waals surface area contributed by atoms with Crippen LogP contribution >= 0.6 is 12.2 Å². The minimum atomic E-state index is -0.223. The fourth-order valence-corrected chi connectivity index (χ4v) is 2.57. The molecule has 0 saturated heterocycles. The monoisotopic (exact) mass is 259 g/mol. The van der Waals surface area contributed by atoms with Gasteiger partial charge in [0.1, 0.15) is 11.9 Å². The van der Waals surface area contributed by atoms with Crippen LogP contribution in [0.4, 0.5) is 5.82 Å². The molecule has 1 aliphatic heterocycles. The molecule has 1 atom stereocenters. The average Bonchev–Trinajstić information content (AvgIpc) is 2.68. The van der Waals surface area contributed by atoms with Crippen molar-refractivity contribution in [3.05, 3.63) is 29.0 Å². The molecule has 0 aliphatic carbocycles. The van der Waals surface area contributed by atoms with Crippen molar-refractivity contribution in [1.82, 2.24) is 9.55 Å². The molecule has 0 amide bonds. The van der Waals surface area contributed by atoms with Gasteiger partial charge >= 0.3 is 0 Å². The zero-order valence-electron chi connectivity index (χ0n) is 10.2. The Morgan fingerprint density at radius 3 is 2.83 bits per heavy atom. The lowest BCUT2D eigenvalue weighted by atomic mass is 10.1. The smallest absolute Gasteiger partial charge is 0.257 e. The van der Waals surface area contributed by atoms with Crippen molar-refractivity contribution < 1.29 is 4.79 Å². The summed E-state index contributed by atoms with van der Waals surface area (Å²) in [6.07, 6.45) is 0. The van der Waals surface area contributed by atoms with Gasteiger partial charge in [0.2, 0.25) is 4.77 Å². The van der Waals surface area contributed by atoms with Gasteiger partial charge in [0.15, 0.2) is 0 Å². The van der Waals surface area contributed by atoms with E-state index in [4.69, 9.17) is 12.2 Å². The van der Waals surface area contributed by atoms with E-state index >= 15 is 0 Å². The van der Waals surface area contributed by atoms with Crippen molar-refractivity contribution in [3.8, 4) is 0 Å². The summed E-state index contributed by atoms with van der Waals surface area (Å²) in [6.45, 7) is 4.03. The zero-order valence-corrected chi connectivity index (χ0v) is 11.0. The number of para-hydroxylation sites is 1. The van der Waals surface area contributed by atoms with Gasteiger partial charge in [0.05, 0.1) is 5.52 Å². The molecule has 92 valence electrons. The highest BCUT2D eigenvalue weighted by atomic mass is 32.1. The minimum Gasteiger partial charge on any atom is -0.359 e. The molecule has 1 aromatic heterocycles. The number of carbonyl (C=O) groups excluding carboxylic acids is 1. The molecule has 3 rings (SSSR count). The van der Waals surface area contributed by atoms with E-state index in [1.807, 2.05) is 38.1 Å². The Kier molecular flexibility index (Phi) is 2.45. The molecule has 1 aromatic carbocycles. The average molecular weight is 259 g/mol. The van der Waals surface area contributed by atoms with Crippen LogP contribution in [0.2, 0.25) is 0 Å². The van der Waals surface area contributed by atoms with Gasteiger partial charge in [0.25, 0.3) is 5.91 Å². The Hall–Kier alpha value is -1.75. The van der Waals surface area contributed by atoms with E-state index in [0.717, 1.165) is 16.7 Å². The third-order valence-corrected chi connectivity index (χ3v) is 3.51. The van der Waals surface area contributed by atoms with Crippen LogP contribution < -0.4 is 5.32 Å². The van der Waals surface area contributed by atoms with Gasteiger partial charge in [-0.15, -0.1) is 0 Å². The predicted molar refractivity (Wildman–Crippen MR) is 73.4 cm³/mol. The van der Waals surface area contributed by atoms with Crippen LogP contribution in [-0.2, 0) is 0 Å². The van der Waals surface area contributed by atoms with E-state index in [0.29, 0.717) is 4.77 Å². The standard InChI is InChI=1S/C13H13N3OS/c1-7(2)10-12(17)16-11(15-10)8-5-3-4-6-9(8)14-13(16)18/h3-7,10,15H,1-2H3. The topological polar surface area (TPSA) is 46.9 Å². The Morgan fingerprint density at radius 2 is 2.11 bits per heavy atom. The number of hydrogen-bond donors (Lipinski definition) is 1. The summed E-state index contributed by atoms with van der Waals surface area (Å²) in [5.41, 5.74) is 0.818. The third-order valence-electron chi connectivity index (χ3n) is 3.24. The molecule has 0 fully saturated rings. The molecule has 4 nitrogen and oxygen atoms in total. The van der Waals surface area contributed by atoms with Crippen LogP contribution in [-0.4, -0.2) is 21.5 Å². The largest absolute Gasteiger partial charge is 0.359 e. The number of nitrogens with one attached hydrogen (secondary N) is 1. The van der Waals surface area contributed by atoms with Crippen LogP contribution in [0.15, 0.2) is 24.3 Å². The van der Waals surface area contributed by atoms with Gasteiger partial charge < -0.3 is 5.32 Å². The Balaban J connectivity index is 2.33. The number of carbonyl (C=O) groups is 1. The van der Waals surface area contributed by atoms with Gasteiger partial charge in [-0.3, -0.25) is 4.79 Å². The van der Waals surface area contributed by atoms with Crippen LogP contribution in [0.25, 0.3) is 10.9 Å². The van der Waals surface area contributed by atoms with Crippen LogP contribution in [0.5, 0.6) is 0 Å². The second kappa shape index (κ2) is 3.88. The number of benzene rings is 1. The first kappa shape index (κ1) is 11.3. The third kappa shape index (κ3) is 1.47. The second-order valence-corrected chi connectivity index (χ2v) is 5.16. The van der Waals surface area contributed by atoms with Crippen LogP contribution in [0.1, 0.15) is 18.6 Å². The molecule has 0 spiro atoms. The van der Waals surface area contributed by atoms with E-state index in [-0.39, 0.29) is 17.9 Å². The normalized spacial score (nSPS) is 18.2. The number of hydrogen-bond acceptors (Lipinski definition) is 4. The molecule has 5 heteroatoms. The van der Waals surface area contributed by atoms with Gasteiger partial charge in [-0.2, -0.15) is 0 Å². The van der Waals surface area contributed by atoms with E-state index in [1.54, 1.807) is 0 Å². The number of aromatic nitrogens is 2. The minimum absolute atomic E-state index is 0.0109. The molecule has 2 aromatic rings. The fraction of sp³-hybridized carbons (Fsp3) is 0.308. The predicted octanol–water partition coefficient (Wildman–Crippen LogP) is 2.86. The number of rotatable bonds is 1. The summed E-state index contributed by atoms with van der Waals surface area (Å²) < 4.78 is 1.84. The first-order valence-electron chi connectivity index (χ1n) is 5.92. The molecule has 1 unspecified atom stereocenters. The SMILES string of the molecule is CC(C)C1Nc2c3ccccc3nc(=S)n2C1=O. The maximum atomic E-state index is 12.3. The van der Waals surface area contributed by atoms with Crippen molar-refractivity contribution in [3.63, 3.8) is 0 Å². The second-order valence-electron chi connectivity index (χ2n) is 4.80. The summed E-state index contributed by atoms with van der Waals surface area (Å²) in [4.78, 5) is 16.6. The van der Waals surface area contributed by atoms with Crippen molar-refractivity contribution >= 4 is 34.8 Å². The maximum absolute atomic E-state index is 12.3. The number of fused-ring (bicyclic) bond motifs is 3. The summed E-state index contributed by atoms with van der Waals surface area (Å²) >= 11 is 5.21. The van der Waals surface area contributed by atoms with Crippen LogP contribution in [0, 0.1) is 10.7 Å². The lowest BCUT2D eigenvalue weighted by Crippen LogP contribution is -2.30. The van der Waals surface area contributed by atoms with Crippen molar-refractivity contribution in [1.29, 1.82) is 0 Å². The quantitative estimate of drug-likeness (QED) is 0.800.